The molecular formula is C12H19N3O2S. The van der Waals surface area contributed by atoms with Gasteiger partial charge in [0.05, 0.1) is 4.88 Å². The number of anilines is 1. The second-order valence-electron chi connectivity index (χ2n) is 4.48. The van der Waals surface area contributed by atoms with E-state index in [1.54, 1.807) is 13.0 Å². The molecule has 0 fully saturated rings. The highest BCUT2D eigenvalue weighted by Crippen LogP contribution is 2.23. The van der Waals surface area contributed by atoms with Crippen LogP contribution in [0.5, 0.6) is 0 Å². The topological polar surface area (TPSA) is 84.2 Å². The number of carbonyl (C=O) groups excluding carboxylic acids is 2. The maximum Gasteiger partial charge on any atom is 0.262 e. The lowest BCUT2D eigenvalue weighted by molar-refractivity contribution is -0.123. The van der Waals surface area contributed by atoms with E-state index in [-0.39, 0.29) is 17.9 Å². The summed E-state index contributed by atoms with van der Waals surface area (Å²) >= 11 is 1.32. The highest BCUT2D eigenvalue weighted by atomic mass is 32.1. The van der Waals surface area contributed by atoms with E-state index >= 15 is 0 Å². The van der Waals surface area contributed by atoms with Crippen molar-refractivity contribution in [3.63, 3.8) is 0 Å². The summed E-state index contributed by atoms with van der Waals surface area (Å²) in [6.45, 7) is 7.25. The van der Waals surface area contributed by atoms with Gasteiger partial charge in [0.25, 0.3) is 5.91 Å². The summed E-state index contributed by atoms with van der Waals surface area (Å²) in [6, 6.07) is 1.11. The van der Waals surface area contributed by atoms with Crippen LogP contribution in [-0.4, -0.2) is 23.9 Å². The molecular weight excluding hydrogens is 250 g/mol. The van der Waals surface area contributed by atoms with E-state index in [9.17, 15) is 9.59 Å². The van der Waals surface area contributed by atoms with Crippen molar-refractivity contribution in [2.24, 2.45) is 0 Å². The van der Waals surface area contributed by atoms with Crippen LogP contribution >= 0.6 is 11.3 Å². The van der Waals surface area contributed by atoms with E-state index < -0.39 is 6.04 Å². The van der Waals surface area contributed by atoms with Gasteiger partial charge < -0.3 is 16.4 Å². The molecule has 6 heteroatoms. The largest absolute Gasteiger partial charge is 0.398 e. The number of rotatable bonds is 4. The molecule has 1 aromatic heterocycles. The first-order valence-corrected chi connectivity index (χ1v) is 6.60. The van der Waals surface area contributed by atoms with Gasteiger partial charge in [-0.05, 0) is 33.8 Å². The predicted octanol–water partition coefficient (Wildman–Crippen LogP) is 1.28. The van der Waals surface area contributed by atoms with E-state index in [0.717, 1.165) is 4.88 Å². The molecule has 0 aliphatic heterocycles. The first kappa shape index (κ1) is 14.5. The second-order valence-corrected chi connectivity index (χ2v) is 5.74. The Morgan fingerprint density at radius 3 is 2.33 bits per heavy atom. The molecule has 0 radical (unpaired) electrons. The molecule has 0 saturated heterocycles. The number of carbonyl (C=O) groups is 2. The van der Waals surface area contributed by atoms with Crippen LogP contribution in [-0.2, 0) is 4.79 Å². The number of amides is 2. The van der Waals surface area contributed by atoms with Crippen LogP contribution in [0.25, 0.3) is 0 Å². The van der Waals surface area contributed by atoms with Gasteiger partial charge in [0.15, 0.2) is 0 Å². The minimum atomic E-state index is -0.566. The fourth-order valence-corrected chi connectivity index (χ4v) is 2.20. The van der Waals surface area contributed by atoms with Crippen molar-refractivity contribution in [1.29, 1.82) is 0 Å². The Morgan fingerprint density at radius 1 is 1.28 bits per heavy atom. The van der Waals surface area contributed by atoms with Gasteiger partial charge in [-0.1, -0.05) is 0 Å². The van der Waals surface area contributed by atoms with Crippen LogP contribution in [0, 0.1) is 6.92 Å². The minimum Gasteiger partial charge on any atom is -0.398 e. The van der Waals surface area contributed by atoms with Crippen molar-refractivity contribution < 1.29 is 9.59 Å². The Labute approximate surface area is 111 Å². The maximum atomic E-state index is 11.9. The van der Waals surface area contributed by atoms with Crippen LogP contribution in [0.15, 0.2) is 6.07 Å². The monoisotopic (exact) mass is 269 g/mol. The van der Waals surface area contributed by atoms with Crippen molar-refractivity contribution in [2.75, 3.05) is 5.73 Å². The van der Waals surface area contributed by atoms with Gasteiger partial charge in [0.1, 0.15) is 6.04 Å². The average Bonchev–Trinajstić information content (AvgIpc) is 2.58. The van der Waals surface area contributed by atoms with Crippen LogP contribution in [0.2, 0.25) is 0 Å². The Hall–Kier alpha value is -1.56. The first-order chi connectivity index (χ1) is 8.31. The summed E-state index contributed by atoms with van der Waals surface area (Å²) in [6.07, 6.45) is 0. The lowest BCUT2D eigenvalue weighted by Gasteiger charge is -2.15. The highest BCUT2D eigenvalue weighted by molar-refractivity contribution is 7.14. The summed E-state index contributed by atoms with van der Waals surface area (Å²) in [5.74, 6) is -0.467. The van der Waals surface area contributed by atoms with Crippen molar-refractivity contribution >= 4 is 28.8 Å². The van der Waals surface area contributed by atoms with Gasteiger partial charge in [-0.25, -0.2) is 0 Å². The molecule has 1 heterocycles. The number of hydrogen-bond donors (Lipinski definition) is 3. The normalized spacial score (nSPS) is 12.3. The Kier molecular flexibility index (Phi) is 4.72. The summed E-state index contributed by atoms with van der Waals surface area (Å²) < 4.78 is 0. The number of nitrogen functional groups attached to an aromatic ring is 1. The Bertz CT molecular complexity index is 435. The molecule has 4 N–H and O–H groups in total. The number of thiophene rings is 1. The molecule has 100 valence electrons. The lowest BCUT2D eigenvalue weighted by Crippen LogP contribution is -2.46. The van der Waals surface area contributed by atoms with Crippen molar-refractivity contribution in [2.45, 2.75) is 39.8 Å². The summed E-state index contributed by atoms with van der Waals surface area (Å²) in [5.41, 5.74) is 6.29. The fraction of sp³-hybridized carbons (Fsp3) is 0.500. The fourth-order valence-electron chi connectivity index (χ4n) is 1.35. The van der Waals surface area contributed by atoms with Gasteiger partial charge in [0.2, 0.25) is 5.91 Å². The number of aryl methyl sites for hydroxylation is 1. The zero-order valence-corrected chi connectivity index (χ0v) is 11.9. The second kappa shape index (κ2) is 5.86. The molecule has 5 nitrogen and oxygen atoms in total. The van der Waals surface area contributed by atoms with Gasteiger partial charge in [0, 0.05) is 16.6 Å². The molecule has 1 aromatic rings. The average molecular weight is 269 g/mol. The van der Waals surface area contributed by atoms with Crippen molar-refractivity contribution in [1.82, 2.24) is 10.6 Å². The van der Waals surface area contributed by atoms with Crippen LogP contribution in [0.4, 0.5) is 5.69 Å². The quantitative estimate of drug-likeness (QED) is 0.770. The summed E-state index contributed by atoms with van der Waals surface area (Å²) in [5, 5.41) is 5.39. The standard InChI is InChI=1S/C12H19N3O2S/c1-6(2)14-11(16)7(3)15-12(17)10-5-9(13)8(4)18-10/h5-7H,13H2,1-4H3,(H,14,16)(H,15,17). The maximum absolute atomic E-state index is 11.9. The molecule has 1 atom stereocenters. The number of hydrogen-bond acceptors (Lipinski definition) is 4. The smallest absolute Gasteiger partial charge is 0.262 e. The van der Waals surface area contributed by atoms with Gasteiger partial charge >= 0.3 is 0 Å². The zero-order valence-electron chi connectivity index (χ0n) is 11.0. The third kappa shape index (κ3) is 3.73. The van der Waals surface area contributed by atoms with E-state index in [4.69, 9.17) is 5.73 Å². The molecule has 2 amide bonds. The van der Waals surface area contributed by atoms with Crippen LogP contribution in [0.3, 0.4) is 0 Å². The molecule has 0 aliphatic rings. The zero-order chi connectivity index (χ0) is 13.9. The number of nitrogens with two attached hydrogens (primary N) is 1. The van der Waals surface area contributed by atoms with E-state index in [1.165, 1.54) is 11.3 Å². The van der Waals surface area contributed by atoms with Gasteiger partial charge in [-0.3, -0.25) is 9.59 Å². The van der Waals surface area contributed by atoms with Crippen LogP contribution < -0.4 is 16.4 Å². The summed E-state index contributed by atoms with van der Waals surface area (Å²) in [7, 11) is 0. The lowest BCUT2D eigenvalue weighted by atomic mass is 10.2. The van der Waals surface area contributed by atoms with Crippen LogP contribution in [0.1, 0.15) is 35.3 Å². The predicted molar refractivity (Wildman–Crippen MR) is 73.7 cm³/mol. The van der Waals surface area contributed by atoms with E-state index in [0.29, 0.717) is 10.6 Å². The molecule has 18 heavy (non-hydrogen) atoms. The van der Waals surface area contributed by atoms with Crippen molar-refractivity contribution in [3.8, 4) is 0 Å². The molecule has 0 bridgehead atoms. The molecule has 1 unspecified atom stereocenters. The Morgan fingerprint density at radius 2 is 1.89 bits per heavy atom. The van der Waals surface area contributed by atoms with E-state index in [1.807, 2.05) is 20.8 Å². The third-order valence-corrected chi connectivity index (χ3v) is 3.42. The molecule has 0 saturated carbocycles. The minimum absolute atomic E-state index is 0.0523. The van der Waals surface area contributed by atoms with E-state index in [2.05, 4.69) is 10.6 Å². The molecule has 1 rings (SSSR count). The number of nitrogens with one attached hydrogen (secondary N) is 2. The summed E-state index contributed by atoms with van der Waals surface area (Å²) in [4.78, 5) is 24.9. The molecule has 0 aromatic carbocycles. The third-order valence-electron chi connectivity index (χ3n) is 2.35. The first-order valence-electron chi connectivity index (χ1n) is 5.78. The molecule has 0 spiro atoms. The Balaban J connectivity index is 2.62. The highest BCUT2D eigenvalue weighted by Gasteiger charge is 2.18. The van der Waals surface area contributed by atoms with Gasteiger partial charge in [-0.15, -0.1) is 11.3 Å². The SMILES string of the molecule is Cc1sc(C(=O)NC(C)C(=O)NC(C)C)cc1N. The van der Waals surface area contributed by atoms with Crippen molar-refractivity contribution in [3.05, 3.63) is 15.8 Å². The van der Waals surface area contributed by atoms with Gasteiger partial charge in [-0.2, -0.15) is 0 Å². The molecule has 0 aliphatic carbocycles.